The van der Waals surface area contributed by atoms with Crippen LogP contribution in [0.3, 0.4) is 0 Å². The Kier molecular flexibility index (Phi) is 3.27. The Hall–Kier alpha value is -1.32. The Bertz CT molecular complexity index is 605. The molecule has 0 amide bonds. The normalized spacial score (nSPS) is 26.4. The number of hydrogen-bond acceptors (Lipinski definition) is 2. The first-order chi connectivity index (χ1) is 10.2. The standard InChI is InChI=1S/C18H25N3/c1-13-15-7-3-4-8-17(15)20(2)18(13)12-21-10-14-6-5-9-19-16(14)11-21/h3-4,7-8,14,16,19H,5-6,9-12H2,1-2H3/t14-,16+/m0/s1. The highest BCUT2D eigenvalue weighted by molar-refractivity contribution is 5.85. The molecule has 2 aliphatic rings. The number of aromatic nitrogens is 1. The van der Waals surface area contributed by atoms with Crippen LogP contribution in [0, 0.1) is 12.8 Å². The van der Waals surface area contributed by atoms with Gasteiger partial charge in [0.15, 0.2) is 0 Å². The van der Waals surface area contributed by atoms with E-state index >= 15 is 0 Å². The third-order valence-corrected chi connectivity index (χ3v) is 5.56. The van der Waals surface area contributed by atoms with E-state index in [9.17, 15) is 0 Å². The Morgan fingerprint density at radius 3 is 2.90 bits per heavy atom. The predicted molar refractivity (Wildman–Crippen MR) is 87.4 cm³/mol. The zero-order chi connectivity index (χ0) is 14.4. The van der Waals surface area contributed by atoms with E-state index in [0.29, 0.717) is 0 Å². The van der Waals surface area contributed by atoms with Crippen LogP contribution in [0.15, 0.2) is 24.3 Å². The van der Waals surface area contributed by atoms with Gasteiger partial charge in [0, 0.05) is 49.3 Å². The van der Waals surface area contributed by atoms with Crippen LogP contribution < -0.4 is 5.32 Å². The van der Waals surface area contributed by atoms with E-state index in [-0.39, 0.29) is 0 Å². The van der Waals surface area contributed by atoms with E-state index in [1.165, 1.54) is 54.6 Å². The summed E-state index contributed by atoms with van der Waals surface area (Å²) in [6, 6.07) is 9.50. The summed E-state index contributed by atoms with van der Waals surface area (Å²) >= 11 is 0. The number of piperidine rings is 1. The van der Waals surface area contributed by atoms with Crippen molar-refractivity contribution in [2.24, 2.45) is 13.0 Å². The molecular formula is C18H25N3. The van der Waals surface area contributed by atoms with Crippen molar-refractivity contribution in [3.05, 3.63) is 35.5 Å². The number of nitrogens with one attached hydrogen (secondary N) is 1. The molecular weight excluding hydrogens is 258 g/mol. The van der Waals surface area contributed by atoms with E-state index < -0.39 is 0 Å². The Balaban J connectivity index is 1.60. The van der Waals surface area contributed by atoms with Crippen molar-refractivity contribution in [2.75, 3.05) is 19.6 Å². The van der Waals surface area contributed by atoms with Gasteiger partial charge in [-0.1, -0.05) is 18.2 Å². The molecule has 2 fully saturated rings. The van der Waals surface area contributed by atoms with Gasteiger partial charge < -0.3 is 9.88 Å². The number of rotatable bonds is 2. The minimum absolute atomic E-state index is 0.730. The molecule has 0 aliphatic carbocycles. The Labute approximate surface area is 126 Å². The second kappa shape index (κ2) is 5.15. The molecule has 0 bridgehead atoms. The lowest BCUT2D eigenvalue weighted by molar-refractivity contribution is 0.306. The molecule has 1 N–H and O–H groups in total. The van der Waals surface area contributed by atoms with E-state index in [2.05, 4.69) is 53.0 Å². The lowest BCUT2D eigenvalue weighted by Crippen LogP contribution is -2.40. The largest absolute Gasteiger partial charge is 0.346 e. The number of hydrogen-bond donors (Lipinski definition) is 1. The van der Waals surface area contributed by atoms with Crippen molar-refractivity contribution in [3.8, 4) is 0 Å². The summed E-state index contributed by atoms with van der Waals surface area (Å²) in [5.41, 5.74) is 4.30. The van der Waals surface area contributed by atoms with Gasteiger partial charge in [-0.05, 0) is 43.9 Å². The van der Waals surface area contributed by atoms with Crippen LogP contribution in [-0.2, 0) is 13.6 Å². The number of para-hydroxylation sites is 1. The average molecular weight is 283 g/mol. The first kappa shape index (κ1) is 13.4. The maximum atomic E-state index is 3.70. The van der Waals surface area contributed by atoms with Gasteiger partial charge in [0.05, 0.1) is 0 Å². The number of nitrogens with zero attached hydrogens (tertiary/aromatic N) is 2. The zero-order valence-electron chi connectivity index (χ0n) is 13.1. The third-order valence-electron chi connectivity index (χ3n) is 5.56. The fourth-order valence-corrected chi connectivity index (χ4v) is 4.34. The molecule has 21 heavy (non-hydrogen) atoms. The molecule has 2 saturated heterocycles. The highest BCUT2D eigenvalue weighted by Crippen LogP contribution is 2.29. The topological polar surface area (TPSA) is 20.2 Å². The molecule has 3 heteroatoms. The van der Waals surface area contributed by atoms with Crippen molar-refractivity contribution < 1.29 is 0 Å². The molecule has 0 spiro atoms. The van der Waals surface area contributed by atoms with Crippen LogP contribution in [0.2, 0.25) is 0 Å². The fraction of sp³-hybridized carbons (Fsp3) is 0.556. The van der Waals surface area contributed by atoms with Gasteiger partial charge in [-0.2, -0.15) is 0 Å². The van der Waals surface area contributed by atoms with Crippen molar-refractivity contribution in [1.82, 2.24) is 14.8 Å². The summed E-state index contributed by atoms with van der Waals surface area (Å²) in [6.07, 6.45) is 2.75. The van der Waals surface area contributed by atoms with Crippen LogP contribution in [0.4, 0.5) is 0 Å². The molecule has 0 saturated carbocycles. The second-order valence-corrected chi connectivity index (χ2v) is 6.80. The number of fused-ring (bicyclic) bond motifs is 2. The minimum atomic E-state index is 0.730. The fourth-order valence-electron chi connectivity index (χ4n) is 4.34. The van der Waals surface area contributed by atoms with Gasteiger partial charge in [0.1, 0.15) is 0 Å². The van der Waals surface area contributed by atoms with Crippen molar-refractivity contribution in [1.29, 1.82) is 0 Å². The molecule has 3 heterocycles. The second-order valence-electron chi connectivity index (χ2n) is 6.80. The Morgan fingerprint density at radius 2 is 2.10 bits per heavy atom. The van der Waals surface area contributed by atoms with Gasteiger partial charge in [0.2, 0.25) is 0 Å². The number of benzene rings is 1. The summed E-state index contributed by atoms with van der Waals surface area (Å²) in [5, 5.41) is 5.11. The quantitative estimate of drug-likeness (QED) is 0.914. The predicted octanol–water partition coefficient (Wildman–Crippen LogP) is 2.67. The molecule has 4 rings (SSSR count). The van der Waals surface area contributed by atoms with Crippen LogP contribution >= 0.6 is 0 Å². The first-order valence-corrected chi connectivity index (χ1v) is 8.22. The van der Waals surface area contributed by atoms with Gasteiger partial charge in [0.25, 0.3) is 0 Å². The Morgan fingerprint density at radius 1 is 1.24 bits per heavy atom. The molecule has 0 unspecified atom stereocenters. The lowest BCUT2D eigenvalue weighted by Gasteiger charge is -2.24. The summed E-state index contributed by atoms with van der Waals surface area (Å²) < 4.78 is 2.39. The SMILES string of the molecule is Cc1c(CN2C[C@@H]3CCCN[C@@H]3C2)n(C)c2ccccc12. The molecule has 2 aromatic rings. The van der Waals surface area contributed by atoms with Gasteiger partial charge in [-0.25, -0.2) is 0 Å². The van der Waals surface area contributed by atoms with Crippen molar-refractivity contribution in [2.45, 2.75) is 32.4 Å². The highest BCUT2D eigenvalue weighted by atomic mass is 15.2. The summed E-state index contributed by atoms with van der Waals surface area (Å²) in [7, 11) is 2.21. The molecule has 2 atom stereocenters. The third kappa shape index (κ3) is 2.19. The monoisotopic (exact) mass is 283 g/mol. The van der Waals surface area contributed by atoms with Crippen LogP contribution in [0.5, 0.6) is 0 Å². The molecule has 0 radical (unpaired) electrons. The number of likely N-dealkylation sites (tertiary alicyclic amines) is 1. The van der Waals surface area contributed by atoms with Gasteiger partial charge in [-0.15, -0.1) is 0 Å². The highest BCUT2D eigenvalue weighted by Gasteiger charge is 2.34. The molecule has 2 aliphatic heterocycles. The summed E-state index contributed by atoms with van der Waals surface area (Å²) in [4.78, 5) is 2.65. The maximum absolute atomic E-state index is 3.70. The lowest BCUT2D eigenvalue weighted by atomic mass is 9.94. The van der Waals surface area contributed by atoms with E-state index in [0.717, 1.165) is 18.5 Å². The average Bonchev–Trinajstić information content (AvgIpc) is 3.02. The van der Waals surface area contributed by atoms with E-state index in [1.807, 2.05) is 0 Å². The smallest absolute Gasteiger partial charge is 0.0483 e. The number of aryl methyl sites for hydroxylation is 2. The molecule has 112 valence electrons. The summed E-state index contributed by atoms with van der Waals surface area (Å²) in [5.74, 6) is 0.869. The minimum Gasteiger partial charge on any atom is -0.346 e. The van der Waals surface area contributed by atoms with Gasteiger partial charge >= 0.3 is 0 Å². The first-order valence-electron chi connectivity index (χ1n) is 8.22. The van der Waals surface area contributed by atoms with Crippen molar-refractivity contribution >= 4 is 10.9 Å². The maximum Gasteiger partial charge on any atom is 0.0483 e. The van der Waals surface area contributed by atoms with Crippen molar-refractivity contribution in [3.63, 3.8) is 0 Å². The molecule has 1 aromatic carbocycles. The zero-order valence-corrected chi connectivity index (χ0v) is 13.1. The summed E-state index contributed by atoms with van der Waals surface area (Å²) in [6.45, 7) is 7.05. The molecule has 1 aromatic heterocycles. The van der Waals surface area contributed by atoms with Gasteiger partial charge in [-0.3, -0.25) is 4.90 Å². The van der Waals surface area contributed by atoms with E-state index in [1.54, 1.807) is 0 Å². The molecule has 3 nitrogen and oxygen atoms in total. The van der Waals surface area contributed by atoms with Crippen LogP contribution in [0.25, 0.3) is 10.9 Å². The van der Waals surface area contributed by atoms with Crippen LogP contribution in [0.1, 0.15) is 24.1 Å². The van der Waals surface area contributed by atoms with Crippen LogP contribution in [-0.4, -0.2) is 35.1 Å². The van der Waals surface area contributed by atoms with E-state index in [4.69, 9.17) is 0 Å².